The lowest BCUT2D eigenvalue weighted by Crippen LogP contribution is -2.32. The van der Waals surface area contributed by atoms with Gasteiger partial charge in [-0.2, -0.15) is 10.4 Å². The van der Waals surface area contributed by atoms with Gasteiger partial charge in [-0.15, -0.1) is 0 Å². The molecule has 1 fully saturated rings. The van der Waals surface area contributed by atoms with Crippen molar-refractivity contribution in [3.05, 3.63) is 64.8 Å². The number of amides is 1. The highest BCUT2D eigenvalue weighted by atomic mass is 35.5. The molecule has 5 rings (SSSR count). The van der Waals surface area contributed by atoms with Crippen LogP contribution in [0, 0.1) is 17.2 Å². The Labute approximate surface area is 186 Å². The van der Waals surface area contributed by atoms with E-state index < -0.39 is 5.97 Å². The standard InChI is InChI=1S/C22H16ClN5O4/c23-14-6-13-7-16(10-26-21(29)18-11-27-28-3-1-2-25-20(18)28)31-19(13)17(8-14)22(30)32-15-4-12(5-15)9-24/h1-3,6-8,11-12,15H,4-5,10H2,(H,26,29). The minimum Gasteiger partial charge on any atom is -0.459 e. The van der Waals surface area contributed by atoms with E-state index in [2.05, 4.69) is 21.5 Å². The van der Waals surface area contributed by atoms with Gasteiger partial charge in [0.05, 0.1) is 24.7 Å². The Balaban J connectivity index is 1.33. The van der Waals surface area contributed by atoms with E-state index in [0.717, 1.165) is 0 Å². The number of aromatic nitrogens is 3. The number of fused-ring (bicyclic) bond motifs is 2. The van der Waals surface area contributed by atoms with Gasteiger partial charge in [0.2, 0.25) is 0 Å². The van der Waals surface area contributed by atoms with Crippen molar-refractivity contribution < 1.29 is 18.7 Å². The van der Waals surface area contributed by atoms with Gasteiger partial charge in [0.15, 0.2) is 5.65 Å². The molecule has 0 spiro atoms. The number of rotatable bonds is 5. The Morgan fingerprint density at radius 3 is 2.97 bits per heavy atom. The lowest BCUT2D eigenvalue weighted by molar-refractivity contribution is -0.00140. The first-order valence-electron chi connectivity index (χ1n) is 9.91. The van der Waals surface area contributed by atoms with Crippen LogP contribution in [0.1, 0.15) is 39.3 Å². The summed E-state index contributed by atoms with van der Waals surface area (Å²) in [6, 6.07) is 8.75. The van der Waals surface area contributed by atoms with Crippen molar-refractivity contribution in [1.82, 2.24) is 19.9 Å². The van der Waals surface area contributed by atoms with Crippen molar-refractivity contribution >= 4 is 40.1 Å². The molecule has 1 aliphatic carbocycles. The summed E-state index contributed by atoms with van der Waals surface area (Å²) in [4.78, 5) is 29.4. The monoisotopic (exact) mass is 449 g/mol. The highest BCUT2D eigenvalue weighted by Gasteiger charge is 2.33. The molecule has 0 aliphatic heterocycles. The van der Waals surface area contributed by atoms with Crippen LogP contribution < -0.4 is 5.32 Å². The number of carbonyl (C=O) groups excluding carboxylic acids is 2. The molecule has 0 unspecified atom stereocenters. The minimum atomic E-state index is -0.554. The van der Waals surface area contributed by atoms with Crippen LogP contribution >= 0.6 is 11.6 Å². The number of nitrogens with zero attached hydrogens (tertiary/aromatic N) is 4. The Bertz CT molecular complexity index is 1400. The van der Waals surface area contributed by atoms with E-state index >= 15 is 0 Å². The lowest BCUT2D eigenvalue weighted by atomic mass is 9.83. The third kappa shape index (κ3) is 3.65. The van der Waals surface area contributed by atoms with E-state index in [1.165, 1.54) is 16.8 Å². The molecule has 9 nitrogen and oxygen atoms in total. The molecule has 1 saturated carbocycles. The summed E-state index contributed by atoms with van der Waals surface area (Å²) in [7, 11) is 0. The Morgan fingerprint density at radius 1 is 1.31 bits per heavy atom. The normalized spacial score (nSPS) is 17.6. The Morgan fingerprint density at radius 2 is 2.16 bits per heavy atom. The van der Waals surface area contributed by atoms with Crippen LogP contribution in [0.2, 0.25) is 5.02 Å². The van der Waals surface area contributed by atoms with Crippen LogP contribution in [0.5, 0.6) is 0 Å². The number of benzene rings is 1. The molecule has 1 aliphatic rings. The Hall–Kier alpha value is -3.90. The molecule has 3 heterocycles. The highest BCUT2D eigenvalue weighted by Crippen LogP contribution is 2.32. The van der Waals surface area contributed by atoms with Gasteiger partial charge >= 0.3 is 5.97 Å². The third-order valence-electron chi connectivity index (χ3n) is 5.35. The molecule has 1 amide bonds. The topological polar surface area (TPSA) is 123 Å². The molecule has 10 heteroatoms. The van der Waals surface area contributed by atoms with Gasteiger partial charge in [0, 0.05) is 35.6 Å². The predicted molar refractivity (Wildman–Crippen MR) is 113 cm³/mol. The van der Waals surface area contributed by atoms with E-state index in [4.69, 9.17) is 26.0 Å². The number of nitrogens with one attached hydrogen (secondary N) is 1. The summed E-state index contributed by atoms with van der Waals surface area (Å²) in [5.74, 6) is -0.535. The summed E-state index contributed by atoms with van der Waals surface area (Å²) in [5, 5.41) is 16.7. The minimum absolute atomic E-state index is 0.0747. The SMILES string of the molecule is N#CC1CC(OC(=O)c2cc(Cl)cc3cc(CNC(=O)c4cnn5cccnc45)oc23)C1. The van der Waals surface area contributed by atoms with Gasteiger partial charge in [-0.05, 0) is 24.3 Å². The van der Waals surface area contributed by atoms with E-state index in [1.54, 1.807) is 30.6 Å². The maximum atomic E-state index is 12.7. The number of ether oxygens (including phenoxy) is 1. The maximum Gasteiger partial charge on any atom is 0.342 e. The van der Waals surface area contributed by atoms with Crippen molar-refractivity contribution in [2.24, 2.45) is 5.92 Å². The quantitative estimate of drug-likeness (QED) is 0.462. The van der Waals surface area contributed by atoms with Crippen LogP contribution in [0.25, 0.3) is 16.6 Å². The van der Waals surface area contributed by atoms with Crippen molar-refractivity contribution in [1.29, 1.82) is 5.26 Å². The van der Waals surface area contributed by atoms with Crippen molar-refractivity contribution in [2.75, 3.05) is 0 Å². The van der Waals surface area contributed by atoms with Crippen molar-refractivity contribution in [2.45, 2.75) is 25.5 Å². The van der Waals surface area contributed by atoms with Crippen molar-refractivity contribution in [3.63, 3.8) is 0 Å². The first-order valence-corrected chi connectivity index (χ1v) is 10.3. The maximum absolute atomic E-state index is 12.7. The molecular formula is C22H16ClN5O4. The Kier molecular flexibility index (Phi) is 4.99. The lowest BCUT2D eigenvalue weighted by Gasteiger charge is -2.29. The third-order valence-corrected chi connectivity index (χ3v) is 5.57. The smallest absolute Gasteiger partial charge is 0.342 e. The summed E-state index contributed by atoms with van der Waals surface area (Å²) >= 11 is 6.18. The fourth-order valence-electron chi connectivity index (χ4n) is 3.64. The first-order chi connectivity index (χ1) is 15.5. The van der Waals surface area contributed by atoms with Gasteiger partial charge in [-0.3, -0.25) is 4.79 Å². The van der Waals surface area contributed by atoms with E-state index in [0.29, 0.717) is 45.8 Å². The number of furan rings is 1. The summed E-state index contributed by atoms with van der Waals surface area (Å²) < 4.78 is 12.8. The molecule has 3 aromatic heterocycles. The zero-order chi connectivity index (χ0) is 22.2. The average molecular weight is 450 g/mol. The highest BCUT2D eigenvalue weighted by molar-refractivity contribution is 6.32. The second kappa shape index (κ2) is 7.98. The fourth-order valence-corrected chi connectivity index (χ4v) is 3.87. The molecule has 1 N–H and O–H groups in total. The summed E-state index contributed by atoms with van der Waals surface area (Å²) in [6.07, 6.45) is 5.50. The molecule has 32 heavy (non-hydrogen) atoms. The van der Waals surface area contributed by atoms with E-state index in [9.17, 15) is 9.59 Å². The van der Waals surface area contributed by atoms with Gasteiger partial charge in [0.1, 0.15) is 28.6 Å². The second-order valence-electron chi connectivity index (χ2n) is 7.54. The van der Waals surface area contributed by atoms with Crippen LogP contribution in [0.15, 0.2) is 47.3 Å². The first kappa shape index (κ1) is 20.0. The number of esters is 1. The molecule has 1 aromatic carbocycles. The molecular weight excluding hydrogens is 434 g/mol. The molecule has 160 valence electrons. The summed E-state index contributed by atoms with van der Waals surface area (Å²) in [5.41, 5.74) is 1.32. The molecule has 0 radical (unpaired) electrons. The zero-order valence-corrected chi connectivity index (χ0v) is 17.4. The molecule has 0 bridgehead atoms. The van der Waals surface area contributed by atoms with Crippen LogP contribution in [0.3, 0.4) is 0 Å². The number of carbonyl (C=O) groups is 2. The van der Waals surface area contributed by atoms with Gasteiger partial charge in [-0.25, -0.2) is 14.3 Å². The van der Waals surface area contributed by atoms with Gasteiger partial charge < -0.3 is 14.5 Å². The van der Waals surface area contributed by atoms with Crippen LogP contribution in [-0.2, 0) is 11.3 Å². The van der Waals surface area contributed by atoms with Gasteiger partial charge in [-0.1, -0.05) is 11.6 Å². The molecule has 4 aromatic rings. The van der Waals surface area contributed by atoms with Crippen LogP contribution in [0.4, 0.5) is 0 Å². The second-order valence-corrected chi connectivity index (χ2v) is 7.97. The largest absolute Gasteiger partial charge is 0.459 e. The van der Waals surface area contributed by atoms with E-state index in [-0.39, 0.29) is 30.0 Å². The average Bonchev–Trinajstić information content (AvgIpc) is 3.37. The van der Waals surface area contributed by atoms with Crippen LogP contribution in [-0.4, -0.2) is 32.6 Å². The van der Waals surface area contributed by atoms with Gasteiger partial charge in [0.25, 0.3) is 5.91 Å². The fraction of sp³-hybridized carbons (Fsp3) is 0.227. The zero-order valence-electron chi connectivity index (χ0n) is 16.6. The number of nitriles is 1. The van der Waals surface area contributed by atoms with E-state index in [1.807, 2.05) is 0 Å². The molecule has 0 saturated heterocycles. The van der Waals surface area contributed by atoms with Crippen molar-refractivity contribution in [3.8, 4) is 6.07 Å². The predicted octanol–water partition coefficient (Wildman–Crippen LogP) is 3.52. The number of hydrogen-bond acceptors (Lipinski definition) is 7. The number of hydrogen-bond donors (Lipinski definition) is 1. The number of halogens is 1. The molecule has 0 atom stereocenters. The summed E-state index contributed by atoms with van der Waals surface area (Å²) in [6.45, 7) is 0.0935.